The van der Waals surface area contributed by atoms with E-state index in [-0.39, 0.29) is 24.8 Å². The Bertz CT molecular complexity index is 592. The minimum atomic E-state index is -1.63. The lowest BCUT2D eigenvalue weighted by molar-refractivity contribution is -0.147. The summed E-state index contributed by atoms with van der Waals surface area (Å²) in [6.07, 6.45) is -0.614. The summed E-state index contributed by atoms with van der Waals surface area (Å²) in [4.78, 5) is 58.5. The molecule has 3 amide bonds. The second-order valence-electron chi connectivity index (χ2n) is 7.18. The van der Waals surface area contributed by atoms with Crippen molar-refractivity contribution < 1.29 is 34.2 Å². The first-order valence-corrected chi connectivity index (χ1v) is 8.93. The molecule has 0 heterocycles. The van der Waals surface area contributed by atoms with Gasteiger partial charge in [0.15, 0.2) is 0 Å². The molecule has 28 heavy (non-hydrogen) atoms. The molecule has 11 nitrogen and oxygen atoms in total. The van der Waals surface area contributed by atoms with Crippen LogP contribution in [0, 0.1) is 11.8 Å². The molecule has 0 aromatic carbocycles. The highest BCUT2D eigenvalue weighted by Gasteiger charge is 2.31. The fraction of sp³-hybridized carbons (Fsp3) is 0.706. The van der Waals surface area contributed by atoms with E-state index in [0.29, 0.717) is 0 Å². The van der Waals surface area contributed by atoms with Crippen molar-refractivity contribution in [1.82, 2.24) is 16.0 Å². The molecule has 3 atom stereocenters. The third-order valence-electron chi connectivity index (χ3n) is 3.78. The number of hydrogen-bond acceptors (Lipinski definition) is 6. The average Bonchev–Trinajstić information content (AvgIpc) is 2.56. The van der Waals surface area contributed by atoms with Crippen LogP contribution >= 0.6 is 0 Å². The Morgan fingerprint density at radius 1 is 0.857 bits per heavy atom. The molecule has 3 unspecified atom stereocenters. The van der Waals surface area contributed by atoms with Gasteiger partial charge in [0.2, 0.25) is 17.7 Å². The number of aliphatic carboxylic acids is 2. The van der Waals surface area contributed by atoms with Crippen molar-refractivity contribution in [2.75, 3.05) is 6.54 Å². The number of carbonyl (C=O) groups excluding carboxylic acids is 3. The second kappa shape index (κ2) is 11.9. The highest BCUT2D eigenvalue weighted by Crippen LogP contribution is 2.09. The number of nitrogens with one attached hydrogen (secondary N) is 3. The highest BCUT2D eigenvalue weighted by atomic mass is 16.4. The molecule has 0 aliphatic heterocycles. The fourth-order valence-electron chi connectivity index (χ4n) is 2.38. The number of rotatable bonds is 12. The highest BCUT2D eigenvalue weighted by molar-refractivity contribution is 5.94. The van der Waals surface area contributed by atoms with Gasteiger partial charge in [0.05, 0.1) is 13.0 Å². The largest absolute Gasteiger partial charge is 0.481 e. The Kier molecular flexibility index (Phi) is 10.8. The maximum absolute atomic E-state index is 12.6. The van der Waals surface area contributed by atoms with Crippen LogP contribution in [0.5, 0.6) is 0 Å². The summed E-state index contributed by atoms with van der Waals surface area (Å²) in [5.41, 5.74) is 5.25. The molecule has 11 heteroatoms. The summed E-state index contributed by atoms with van der Waals surface area (Å²) in [6, 6.07) is -3.67. The fourth-order valence-corrected chi connectivity index (χ4v) is 2.38. The van der Waals surface area contributed by atoms with E-state index in [2.05, 4.69) is 16.0 Å². The normalized spacial score (nSPS) is 14.1. The van der Waals surface area contributed by atoms with Crippen LogP contribution in [-0.4, -0.2) is 64.5 Å². The van der Waals surface area contributed by atoms with Crippen LogP contribution in [0.2, 0.25) is 0 Å². The first-order chi connectivity index (χ1) is 12.9. The van der Waals surface area contributed by atoms with Crippen LogP contribution in [0.3, 0.4) is 0 Å². The van der Waals surface area contributed by atoms with Crippen LogP contribution in [-0.2, 0) is 24.0 Å². The van der Waals surface area contributed by atoms with Gasteiger partial charge in [-0.2, -0.15) is 0 Å². The zero-order valence-electron chi connectivity index (χ0n) is 16.5. The first-order valence-electron chi connectivity index (χ1n) is 8.93. The Hall–Kier alpha value is -2.69. The number of amides is 3. The van der Waals surface area contributed by atoms with Gasteiger partial charge in [0.1, 0.15) is 18.1 Å². The van der Waals surface area contributed by atoms with Crippen molar-refractivity contribution >= 4 is 29.7 Å². The van der Waals surface area contributed by atoms with E-state index in [1.807, 2.05) is 0 Å². The Morgan fingerprint density at radius 3 is 1.79 bits per heavy atom. The van der Waals surface area contributed by atoms with Crippen LogP contribution < -0.4 is 21.7 Å². The van der Waals surface area contributed by atoms with E-state index < -0.39 is 54.2 Å². The number of carbonyl (C=O) groups is 5. The molecule has 7 N–H and O–H groups in total. The molecule has 0 aliphatic carbocycles. The number of carboxylic acids is 2. The molecule has 0 rings (SSSR count). The van der Waals surface area contributed by atoms with E-state index >= 15 is 0 Å². The van der Waals surface area contributed by atoms with Gasteiger partial charge < -0.3 is 31.9 Å². The zero-order chi connectivity index (χ0) is 22.0. The van der Waals surface area contributed by atoms with Crippen molar-refractivity contribution in [3.05, 3.63) is 0 Å². The molecule has 0 radical (unpaired) electrons. The minimum absolute atomic E-state index is 0.0325. The van der Waals surface area contributed by atoms with E-state index in [0.717, 1.165) is 0 Å². The second-order valence-corrected chi connectivity index (χ2v) is 7.18. The van der Waals surface area contributed by atoms with Gasteiger partial charge in [-0.3, -0.25) is 19.2 Å². The maximum atomic E-state index is 12.6. The first kappa shape index (κ1) is 25.3. The van der Waals surface area contributed by atoms with Gasteiger partial charge in [0, 0.05) is 0 Å². The number of carboxylic acid groups (broad SMARTS) is 2. The monoisotopic (exact) mass is 402 g/mol. The predicted molar refractivity (Wildman–Crippen MR) is 99.0 cm³/mol. The lowest BCUT2D eigenvalue weighted by atomic mass is 9.99. The van der Waals surface area contributed by atoms with Crippen molar-refractivity contribution in [2.45, 2.75) is 58.7 Å². The zero-order valence-corrected chi connectivity index (χ0v) is 16.5. The third kappa shape index (κ3) is 9.31. The molecule has 0 aliphatic rings. The summed E-state index contributed by atoms with van der Waals surface area (Å²) in [5, 5.41) is 25.0. The maximum Gasteiger partial charge on any atom is 0.326 e. The van der Waals surface area contributed by atoms with E-state index in [1.54, 1.807) is 27.7 Å². The van der Waals surface area contributed by atoms with Gasteiger partial charge in [-0.05, 0) is 18.3 Å². The van der Waals surface area contributed by atoms with Crippen LogP contribution in [0.25, 0.3) is 0 Å². The smallest absolute Gasteiger partial charge is 0.326 e. The molecular weight excluding hydrogens is 372 g/mol. The molecule has 0 fully saturated rings. The molecule has 0 saturated heterocycles. The van der Waals surface area contributed by atoms with Gasteiger partial charge in [-0.1, -0.05) is 27.7 Å². The van der Waals surface area contributed by atoms with E-state index in [4.69, 9.17) is 15.9 Å². The van der Waals surface area contributed by atoms with Crippen LogP contribution in [0.1, 0.15) is 40.5 Å². The van der Waals surface area contributed by atoms with Gasteiger partial charge in [-0.15, -0.1) is 0 Å². The van der Waals surface area contributed by atoms with Gasteiger partial charge in [-0.25, -0.2) is 4.79 Å². The SMILES string of the molecule is CC(C)CC(NC(=O)C(NC(=O)CN)C(C)C)C(=O)NC(CC(=O)O)C(=O)O. The quantitative estimate of drug-likeness (QED) is 0.231. The molecule has 160 valence electrons. The molecule has 0 bridgehead atoms. The summed E-state index contributed by atoms with van der Waals surface area (Å²) < 4.78 is 0. The van der Waals surface area contributed by atoms with Crippen LogP contribution in [0.15, 0.2) is 0 Å². The van der Waals surface area contributed by atoms with Gasteiger partial charge >= 0.3 is 11.9 Å². The average molecular weight is 402 g/mol. The van der Waals surface area contributed by atoms with Crippen molar-refractivity contribution in [3.63, 3.8) is 0 Å². The molecule has 0 aromatic heterocycles. The number of hydrogen-bond donors (Lipinski definition) is 6. The standard InChI is InChI=1S/C17H30N4O7/c1-8(2)5-10(15(25)20-11(17(27)28)6-13(23)24)19-16(26)14(9(3)4)21-12(22)7-18/h8-11,14H,5-7,18H2,1-4H3,(H,19,26)(H,20,25)(H,21,22)(H,23,24)(H,27,28). The number of nitrogens with two attached hydrogens (primary N) is 1. The van der Waals surface area contributed by atoms with Crippen LogP contribution in [0.4, 0.5) is 0 Å². The topological polar surface area (TPSA) is 188 Å². The van der Waals surface area contributed by atoms with E-state index in [9.17, 15) is 24.0 Å². The van der Waals surface area contributed by atoms with Gasteiger partial charge in [0.25, 0.3) is 0 Å². The van der Waals surface area contributed by atoms with Crippen molar-refractivity contribution in [1.29, 1.82) is 0 Å². The molecular formula is C17H30N4O7. The van der Waals surface area contributed by atoms with Crippen molar-refractivity contribution in [3.8, 4) is 0 Å². The lowest BCUT2D eigenvalue weighted by Crippen LogP contribution is -2.57. The molecule has 0 saturated carbocycles. The minimum Gasteiger partial charge on any atom is -0.481 e. The summed E-state index contributed by atoms with van der Waals surface area (Å²) in [7, 11) is 0. The summed E-state index contributed by atoms with van der Waals surface area (Å²) in [6.45, 7) is 6.70. The van der Waals surface area contributed by atoms with Crippen molar-refractivity contribution in [2.24, 2.45) is 17.6 Å². The summed E-state index contributed by atoms with van der Waals surface area (Å²) >= 11 is 0. The summed E-state index contributed by atoms with van der Waals surface area (Å²) in [5.74, 6) is -5.19. The Labute approximate surface area is 163 Å². The molecule has 0 spiro atoms. The van der Waals surface area contributed by atoms with E-state index in [1.165, 1.54) is 0 Å². The predicted octanol–water partition coefficient (Wildman–Crippen LogP) is -1.34. The molecule has 0 aromatic rings. The lowest BCUT2D eigenvalue weighted by Gasteiger charge is -2.26. The third-order valence-corrected chi connectivity index (χ3v) is 3.78. The Balaban J connectivity index is 5.35. The Morgan fingerprint density at radius 2 is 1.39 bits per heavy atom.